The van der Waals surface area contributed by atoms with Crippen molar-refractivity contribution in [2.24, 2.45) is 21.8 Å². The molecule has 0 aliphatic carbocycles. The lowest BCUT2D eigenvalue weighted by Crippen LogP contribution is -2.07. The second-order valence-corrected chi connectivity index (χ2v) is 8.45. The lowest BCUT2D eigenvalue weighted by molar-refractivity contribution is 0.899. The minimum atomic E-state index is 0.459. The summed E-state index contributed by atoms with van der Waals surface area (Å²) in [5.41, 5.74) is 2.20. The Kier molecular flexibility index (Phi) is 3.35. The summed E-state index contributed by atoms with van der Waals surface area (Å²) in [6, 6.07) is 8.76. The molecule has 112 valence electrons. The Morgan fingerprint density at radius 2 is 1.09 bits per heavy atom. The first kappa shape index (κ1) is 14.3. The fourth-order valence-corrected chi connectivity index (χ4v) is 4.86. The Balaban J connectivity index is 2.00. The zero-order valence-corrected chi connectivity index (χ0v) is 14.8. The van der Waals surface area contributed by atoms with Crippen molar-refractivity contribution in [1.82, 2.24) is 0 Å². The van der Waals surface area contributed by atoms with Crippen molar-refractivity contribution in [3.63, 3.8) is 0 Å². The first-order valence-corrected chi connectivity index (χ1v) is 9.30. The van der Waals surface area contributed by atoms with Crippen LogP contribution in [0.4, 0.5) is 11.4 Å². The van der Waals surface area contributed by atoms with Crippen LogP contribution in [0, 0.1) is 11.8 Å². The van der Waals surface area contributed by atoms with Crippen LogP contribution in [0.2, 0.25) is 0 Å². The average molecular weight is 326 g/mol. The highest BCUT2D eigenvalue weighted by Gasteiger charge is 2.24. The van der Waals surface area contributed by atoms with Gasteiger partial charge in [-0.05, 0) is 24.3 Å². The number of nitrogens with zero attached hydrogens (tertiary/aromatic N) is 2. The first-order valence-electron chi connectivity index (χ1n) is 7.67. The molecule has 0 fully saturated rings. The highest BCUT2D eigenvalue weighted by molar-refractivity contribution is 8.14. The Morgan fingerprint density at radius 1 is 0.682 bits per heavy atom. The lowest BCUT2D eigenvalue weighted by Gasteiger charge is -2.23. The minimum absolute atomic E-state index is 0.459. The largest absolute Gasteiger partial charge is 0.245 e. The molecule has 22 heavy (non-hydrogen) atoms. The molecule has 0 amide bonds. The summed E-state index contributed by atoms with van der Waals surface area (Å²) < 4.78 is 0. The van der Waals surface area contributed by atoms with E-state index in [0.29, 0.717) is 11.8 Å². The maximum atomic E-state index is 4.88. The Hall–Kier alpha value is -1.26. The van der Waals surface area contributed by atoms with Crippen LogP contribution in [0.1, 0.15) is 27.7 Å². The van der Waals surface area contributed by atoms with Gasteiger partial charge >= 0.3 is 0 Å². The van der Waals surface area contributed by atoms with E-state index < -0.39 is 0 Å². The molecule has 0 aromatic heterocycles. The fraction of sp³-hybridized carbons (Fsp3) is 0.333. The molecule has 2 aromatic rings. The second-order valence-electron chi connectivity index (χ2n) is 6.33. The van der Waals surface area contributed by atoms with Gasteiger partial charge in [-0.1, -0.05) is 51.2 Å². The van der Waals surface area contributed by atoms with E-state index >= 15 is 0 Å². The maximum Gasteiger partial charge on any atom is 0.0812 e. The predicted octanol–water partition coefficient (Wildman–Crippen LogP) is 6.42. The molecule has 2 aliphatic heterocycles. The quantitative estimate of drug-likeness (QED) is 0.635. The van der Waals surface area contributed by atoms with Crippen LogP contribution in [0.5, 0.6) is 0 Å². The van der Waals surface area contributed by atoms with Crippen LogP contribution in [-0.2, 0) is 0 Å². The molecule has 0 saturated heterocycles. The van der Waals surface area contributed by atoms with Crippen molar-refractivity contribution in [3.05, 3.63) is 24.3 Å². The minimum Gasteiger partial charge on any atom is -0.245 e. The van der Waals surface area contributed by atoms with Gasteiger partial charge in [0.15, 0.2) is 0 Å². The molecule has 2 aromatic carbocycles. The molecule has 0 saturated carbocycles. The zero-order valence-electron chi connectivity index (χ0n) is 13.2. The number of aliphatic imine (C=N–C) groups is 2. The van der Waals surface area contributed by atoms with Gasteiger partial charge in [0.05, 0.1) is 21.5 Å². The number of rotatable bonds is 2. The summed E-state index contributed by atoms with van der Waals surface area (Å²) in [6.45, 7) is 8.81. The molecule has 2 heterocycles. The normalized spacial score (nSPS) is 16.3. The summed E-state index contributed by atoms with van der Waals surface area (Å²) >= 11 is 3.62. The molecule has 0 spiro atoms. The SMILES string of the molecule is CC(C)C1=Nc2ccc3c4c(ccc(c24)S1)N=C(C(C)C)S3. The highest BCUT2D eigenvalue weighted by atomic mass is 32.2. The van der Waals surface area contributed by atoms with Gasteiger partial charge in [0, 0.05) is 32.4 Å². The third-order valence-electron chi connectivity index (χ3n) is 3.92. The van der Waals surface area contributed by atoms with Crippen LogP contribution >= 0.6 is 23.5 Å². The molecule has 2 nitrogen and oxygen atoms in total. The van der Waals surface area contributed by atoms with E-state index in [0.717, 1.165) is 11.4 Å². The Bertz CT molecular complexity index is 777. The Labute approximate surface area is 139 Å². The van der Waals surface area contributed by atoms with Crippen molar-refractivity contribution in [2.75, 3.05) is 0 Å². The van der Waals surface area contributed by atoms with Gasteiger partial charge in [-0.2, -0.15) is 0 Å². The van der Waals surface area contributed by atoms with Crippen molar-refractivity contribution in [3.8, 4) is 0 Å². The summed E-state index contributed by atoms with van der Waals surface area (Å²) in [6.07, 6.45) is 0. The number of thioether (sulfide) groups is 2. The van der Waals surface area contributed by atoms with Gasteiger partial charge in [0.2, 0.25) is 0 Å². The van der Waals surface area contributed by atoms with E-state index in [2.05, 4.69) is 52.0 Å². The number of hydrogen-bond acceptors (Lipinski definition) is 4. The Morgan fingerprint density at radius 3 is 1.45 bits per heavy atom. The van der Waals surface area contributed by atoms with Crippen LogP contribution < -0.4 is 0 Å². The first-order chi connectivity index (χ1) is 10.5. The van der Waals surface area contributed by atoms with Crippen LogP contribution in [0.3, 0.4) is 0 Å². The van der Waals surface area contributed by atoms with Crippen LogP contribution in [0.15, 0.2) is 44.0 Å². The van der Waals surface area contributed by atoms with Crippen molar-refractivity contribution >= 4 is 55.8 Å². The lowest BCUT2D eigenvalue weighted by atomic mass is 10.1. The second kappa shape index (κ2) is 5.14. The van der Waals surface area contributed by atoms with E-state index in [-0.39, 0.29) is 0 Å². The number of hydrogen-bond donors (Lipinski definition) is 0. The van der Waals surface area contributed by atoms with E-state index in [4.69, 9.17) is 9.98 Å². The molecule has 0 unspecified atom stereocenters. The molecule has 4 rings (SSSR count). The van der Waals surface area contributed by atoms with Gasteiger partial charge in [-0.15, -0.1) is 0 Å². The molecular weight excluding hydrogens is 308 g/mol. The van der Waals surface area contributed by atoms with Crippen molar-refractivity contribution in [1.29, 1.82) is 0 Å². The summed E-state index contributed by atoms with van der Waals surface area (Å²) in [7, 11) is 0. The van der Waals surface area contributed by atoms with E-state index in [1.54, 1.807) is 0 Å². The molecule has 0 atom stereocenters. The fourth-order valence-electron chi connectivity index (χ4n) is 2.76. The molecule has 4 heteroatoms. The van der Waals surface area contributed by atoms with Gasteiger partial charge in [-0.3, -0.25) is 0 Å². The topological polar surface area (TPSA) is 24.7 Å². The summed E-state index contributed by atoms with van der Waals surface area (Å²) in [5, 5.41) is 4.96. The molecule has 0 N–H and O–H groups in total. The monoisotopic (exact) mass is 326 g/mol. The standard InChI is InChI=1S/C18H18N2S2/c1-9(2)17-19-11-5-8-14-16-12(20-18(22-14)10(3)4)6-7-13(21-17)15(11)16/h5-10H,1-4H3. The molecular formula is C18H18N2S2. The third kappa shape index (κ3) is 2.12. The van der Waals surface area contributed by atoms with Gasteiger partial charge in [0.25, 0.3) is 0 Å². The van der Waals surface area contributed by atoms with Crippen LogP contribution in [0.25, 0.3) is 10.8 Å². The highest BCUT2D eigenvalue weighted by Crippen LogP contribution is 2.50. The maximum absolute atomic E-state index is 4.88. The zero-order chi connectivity index (χ0) is 15.4. The van der Waals surface area contributed by atoms with Crippen molar-refractivity contribution in [2.45, 2.75) is 37.5 Å². The molecule has 2 aliphatic rings. The third-order valence-corrected chi connectivity index (χ3v) is 6.58. The van der Waals surface area contributed by atoms with Gasteiger partial charge < -0.3 is 0 Å². The smallest absolute Gasteiger partial charge is 0.0812 e. The number of benzene rings is 2. The van der Waals surface area contributed by atoms with E-state index in [1.807, 2.05) is 23.5 Å². The summed E-state index contributed by atoms with van der Waals surface area (Å²) in [5.74, 6) is 0.917. The van der Waals surface area contributed by atoms with Gasteiger partial charge in [0.1, 0.15) is 0 Å². The van der Waals surface area contributed by atoms with E-state index in [9.17, 15) is 0 Å². The predicted molar refractivity (Wildman–Crippen MR) is 99.5 cm³/mol. The van der Waals surface area contributed by atoms with Crippen molar-refractivity contribution < 1.29 is 0 Å². The molecule has 0 bridgehead atoms. The van der Waals surface area contributed by atoms with Crippen LogP contribution in [-0.4, -0.2) is 10.1 Å². The van der Waals surface area contributed by atoms with E-state index in [1.165, 1.54) is 30.7 Å². The summed E-state index contributed by atoms with van der Waals surface area (Å²) in [4.78, 5) is 12.4. The molecule has 0 radical (unpaired) electrons. The average Bonchev–Trinajstić information content (AvgIpc) is 2.51. The van der Waals surface area contributed by atoms with Gasteiger partial charge in [-0.25, -0.2) is 9.98 Å².